The van der Waals surface area contributed by atoms with Crippen LogP contribution in [0.4, 0.5) is 0 Å². The maximum Gasteiger partial charge on any atom is 0.0213 e. The van der Waals surface area contributed by atoms with Gasteiger partial charge in [0.05, 0.1) is 0 Å². The van der Waals surface area contributed by atoms with Gasteiger partial charge < -0.3 is 5.73 Å². The van der Waals surface area contributed by atoms with Crippen molar-refractivity contribution in [3.63, 3.8) is 0 Å². The van der Waals surface area contributed by atoms with Crippen LogP contribution in [-0.4, -0.2) is 6.04 Å². The largest absolute Gasteiger partial charge is 0.327 e. The predicted octanol–water partition coefficient (Wildman–Crippen LogP) is 2.83. The van der Waals surface area contributed by atoms with E-state index in [0.717, 1.165) is 12.8 Å². The number of benzene rings is 1. The van der Waals surface area contributed by atoms with Crippen LogP contribution in [0.15, 0.2) is 22.7 Å². The standard InChI is InChI=1S/C11H14BrN/c1-7-10(13)6-5-8-3-2-4-9(12)11(7)8/h2-4,7,10H,5-6,13H2,1H3. The molecule has 1 aliphatic carbocycles. The summed E-state index contributed by atoms with van der Waals surface area (Å²) in [5.41, 5.74) is 8.92. The van der Waals surface area contributed by atoms with Crippen molar-refractivity contribution in [1.82, 2.24) is 0 Å². The molecule has 0 amide bonds. The Labute approximate surface area is 87.5 Å². The summed E-state index contributed by atoms with van der Waals surface area (Å²) in [6.07, 6.45) is 2.24. The second-order valence-electron chi connectivity index (χ2n) is 3.80. The lowest BCUT2D eigenvalue weighted by Gasteiger charge is -2.29. The van der Waals surface area contributed by atoms with Crippen LogP contribution in [0.3, 0.4) is 0 Å². The van der Waals surface area contributed by atoms with Crippen LogP contribution >= 0.6 is 15.9 Å². The van der Waals surface area contributed by atoms with E-state index in [1.54, 1.807) is 0 Å². The molecule has 13 heavy (non-hydrogen) atoms. The average Bonchev–Trinajstić information content (AvgIpc) is 2.12. The lowest BCUT2D eigenvalue weighted by molar-refractivity contribution is 0.495. The first-order valence-electron chi connectivity index (χ1n) is 4.73. The summed E-state index contributed by atoms with van der Waals surface area (Å²) in [5, 5.41) is 0. The number of halogens is 1. The van der Waals surface area contributed by atoms with Gasteiger partial charge in [0.1, 0.15) is 0 Å². The van der Waals surface area contributed by atoms with Crippen molar-refractivity contribution in [2.75, 3.05) is 0 Å². The zero-order chi connectivity index (χ0) is 9.42. The monoisotopic (exact) mass is 239 g/mol. The molecule has 0 aromatic heterocycles. The van der Waals surface area contributed by atoms with E-state index in [4.69, 9.17) is 5.73 Å². The van der Waals surface area contributed by atoms with Crippen molar-refractivity contribution >= 4 is 15.9 Å². The number of hydrogen-bond acceptors (Lipinski definition) is 1. The minimum atomic E-state index is 0.325. The first-order valence-corrected chi connectivity index (χ1v) is 5.52. The molecule has 0 saturated carbocycles. The van der Waals surface area contributed by atoms with Gasteiger partial charge in [-0.15, -0.1) is 0 Å². The summed E-state index contributed by atoms with van der Waals surface area (Å²) in [6.45, 7) is 2.22. The van der Waals surface area contributed by atoms with Crippen molar-refractivity contribution in [1.29, 1.82) is 0 Å². The molecule has 2 heteroatoms. The number of nitrogens with two attached hydrogens (primary N) is 1. The van der Waals surface area contributed by atoms with Gasteiger partial charge in [-0.3, -0.25) is 0 Å². The summed E-state index contributed by atoms with van der Waals surface area (Å²) < 4.78 is 1.22. The highest BCUT2D eigenvalue weighted by Crippen LogP contribution is 2.35. The highest BCUT2D eigenvalue weighted by molar-refractivity contribution is 9.10. The first kappa shape index (κ1) is 9.22. The number of aryl methyl sites for hydroxylation is 1. The lowest BCUT2D eigenvalue weighted by atomic mass is 9.81. The first-order chi connectivity index (χ1) is 6.20. The third-order valence-electron chi connectivity index (χ3n) is 2.99. The van der Waals surface area contributed by atoms with Gasteiger partial charge in [0, 0.05) is 10.5 Å². The zero-order valence-electron chi connectivity index (χ0n) is 7.76. The third kappa shape index (κ3) is 1.53. The van der Waals surface area contributed by atoms with Crippen LogP contribution in [0.2, 0.25) is 0 Å². The smallest absolute Gasteiger partial charge is 0.0213 e. The quantitative estimate of drug-likeness (QED) is 0.741. The summed E-state index contributed by atoms with van der Waals surface area (Å²) in [7, 11) is 0. The summed E-state index contributed by atoms with van der Waals surface area (Å²) in [6, 6.07) is 6.74. The van der Waals surface area contributed by atoms with Crippen LogP contribution < -0.4 is 5.73 Å². The maximum atomic E-state index is 6.04. The van der Waals surface area contributed by atoms with Crippen LogP contribution in [0.5, 0.6) is 0 Å². The molecule has 0 radical (unpaired) electrons. The van der Waals surface area contributed by atoms with Crippen LogP contribution in [0.25, 0.3) is 0 Å². The van der Waals surface area contributed by atoms with E-state index in [2.05, 4.69) is 41.1 Å². The van der Waals surface area contributed by atoms with Crippen molar-refractivity contribution < 1.29 is 0 Å². The Hall–Kier alpha value is -0.340. The Morgan fingerprint density at radius 3 is 3.00 bits per heavy atom. The average molecular weight is 240 g/mol. The second-order valence-corrected chi connectivity index (χ2v) is 4.66. The van der Waals surface area contributed by atoms with Crippen molar-refractivity contribution in [3.8, 4) is 0 Å². The van der Waals surface area contributed by atoms with Gasteiger partial charge in [-0.1, -0.05) is 35.0 Å². The molecule has 1 aliphatic rings. The van der Waals surface area contributed by atoms with E-state index in [9.17, 15) is 0 Å². The molecule has 0 bridgehead atoms. The Morgan fingerprint density at radius 2 is 2.23 bits per heavy atom. The van der Waals surface area contributed by atoms with Gasteiger partial charge in [0.15, 0.2) is 0 Å². The Bertz CT molecular complexity index is 322. The van der Waals surface area contributed by atoms with E-state index in [1.807, 2.05) is 0 Å². The molecule has 0 aliphatic heterocycles. The molecular weight excluding hydrogens is 226 g/mol. The lowest BCUT2D eigenvalue weighted by Crippen LogP contribution is -2.31. The molecule has 0 saturated heterocycles. The van der Waals surface area contributed by atoms with Crippen LogP contribution in [-0.2, 0) is 6.42 Å². The van der Waals surface area contributed by atoms with Crippen molar-refractivity contribution in [3.05, 3.63) is 33.8 Å². The number of hydrogen-bond donors (Lipinski definition) is 1. The van der Waals surface area contributed by atoms with E-state index in [1.165, 1.54) is 15.6 Å². The Balaban J connectivity index is 2.51. The fourth-order valence-corrected chi connectivity index (χ4v) is 2.86. The Morgan fingerprint density at radius 1 is 1.46 bits per heavy atom. The molecule has 2 rings (SSSR count). The molecule has 2 unspecified atom stereocenters. The van der Waals surface area contributed by atoms with Gasteiger partial charge in [-0.05, 0) is 36.0 Å². The van der Waals surface area contributed by atoms with E-state index < -0.39 is 0 Å². The maximum absolute atomic E-state index is 6.04. The summed E-state index contributed by atoms with van der Waals surface area (Å²) >= 11 is 3.59. The molecule has 2 N–H and O–H groups in total. The topological polar surface area (TPSA) is 26.0 Å². The van der Waals surface area contributed by atoms with Crippen LogP contribution in [0.1, 0.15) is 30.4 Å². The molecule has 0 fully saturated rings. The van der Waals surface area contributed by atoms with E-state index in [0.29, 0.717) is 12.0 Å². The van der Waals surface area contributed by atoms with Crippen molar-refractivity contribution in [2.45, 2.75) is 31.7 Å². The third-order valence-corrected chi connectivity index (χ3v) is 3.68. The highest BCUT2D eigenvalue weighted by atomic mass is 79.9. The van der Waals surface area contributed by atoms with Gasteiger partial charge in [0.25, 0.3) is 0 Å². The SMILES string of the molecule is CC1c2c(Br)cccc2CCC1N. The molecule has 2 atom stereocenters. The molecule has 1 nitrogen and oxygen atoms in total. The molecule has 1 aromatic rings. The van der Waals surface area contributed by atoms with Gasteiger partial charge in [0.2, 0.25) is 0 Å². The highest BCUT2D eigenvalue weighted by Gasteiger charge is 2.24. The molecular formula is C11H14BrN. The van der Waals surface area contributed by atoms with Gasteiger partial charge >= 0.3 is 0 Å². The molecule has 0 spiro atoms. The minimum Gasteiger partial charge on any atom is -0.327 e. The van der Waals surface area contributed by atoms with E-state index in [-0.39, 0.29) is 0 Å². The van der Waals surface area contributed by atoms with Gasteiger partial charge in [-0.25, -0.2) is 0 Å². The molecule has 70 valence electrons. The fourth-order valence-electron chi connectivity index (χ4n) is 2.10. The number of rotatable bonds is 0. The van der Waals surface area contributed by atoms with Gasteiger partial charge in [-0.2, -0.15) is 0 Å². The van der Waals surface area contributed by atoms with Crippen LogP contribution in [0, 0.1) is 0 Å². The Kier molecular flexibility index (Phi) is 2.43. The predicted molar refractivity (Wildman–Crippen MR) is 58.9 cm³/mol. The number of fused-ring (bicyclic) bond motifs is 1. The minimum absolute atomic E-state index is 0.325. The molecule has 1 aromatic carbocycles. The zero-order valence-corrected chi connectivity index (χ0v) is 9.34. The second kappa shape index (κ2) is 3.43. The normalized spacial score (nSPS) is 27.0. The van der Waals surface area contributed by atoms with E-state index >= 15 is 0 Å². The molecule has 0 heterocycles. The summed E-state index contributed by atoms with van der Waals surface area (Å²) in [4.78, 5) is 0. The fraction of sp³-hybridized carbons (Fsp3) is 0.455. The van der Waals surface area contributed by atoms with Crippen molar-refractivity contribution in [2.24, 2.45) is 5.73 Å². The summed E-state index contributed by atoms with van der Waals surface area (Å²) in [5.74, 6) is 0.485.